The van der Waals surface area contributed by atoms with E-state index in [9.17, 15) is 9.59 Å². The van der Waals surface area contributed by atoms with Gasteiger partial charge in [-0.15, -0.1) is 0 Å². The number of nitrogens with zero attached hydrogens (tertiary/aromatic N) is 1. The first kappa shape index (κ1) is 15.6. The standard InChI is InChI=1S/C18H17ClN2O2/c19-14-10-8-13(9-11-14)18(23)21-12-4-7-16(21)17(22)20-15-5-2-1-3-6-15/h1-3,5-6,8-11,16H,4,7,12H2,(H,20,22). The summed E-state index contributed by atoms with van der Waals surface area (Å²) in [5.74, 6) is -0.275. The number of nitrogens with one attached hydrogen (secondary N) is 1. The Bertz CT molecular complexity index is 701. The molecule has 5 heteroatoms. The summed E-state index contributed by atoms with van der Waals surface area (Å²) in [4.78, 5) is 26.8. The van der Waals surface area contributed by atoms with Crippen molar-refractivity contribution in [3.05, 3.63) is 65.2 Å². The third-order valence-electron chi connectivity index (χ3n) is 3.95. The first-order valence-electron chi connectivity index (χ1n) is 7.57. The zero-order valence-corrected chi connectivity index (χ0v) is 13.3. The summed E-state index contributed by atoms with van der Waals surface area (Å²) >= 11 is 5.86. The highest BCUT2D eigenvalue weighted by molar-refractivity contribution is 6.30. The number of halogens is 1. The quantitative estimate of drug-likeness (QED) is 0.936. The van der Waals surface area contributed by atoms with Gasteiger partial charge in [0, 0.05) is 22.8 Å². The van der Waals surface area contributed by atoms with Gasteiger partial charge in [-0.05, 0) is 49.2 Å². The van der Waals surface area contributed by atoms with Crippen LogP contribution in [0.5, 0.6) is 0 Å². The van der Waals surface area contributed by atoms with Crippen LogP contribution in [0, 0.1) is 0 Å². The van der Waals surface area contributed by atoms with Crippen molar-refractivity contribution in [2.24, 2.45) is 0 Å². The molecule has 0 aliphatic carbocycles. The van der Waals surface area contributed by atoms with E-state index in [0.717, 1.165) is 12.1 Å². The van der Waals surface area contributed by atoms with E-state index >= 15 is 0 Å². The van der Waals surface area contributed by atoms with Gasteiger partial charge in [0.05, 0.1) is 0 Å². The first-order chi connectivity index (χ1) is 11.1. The van der Waals surface area contributed by atoms with E-state index in [1.807, 2.05) is 30.3 Å². The molecule has 1 saturated heterocycles. The lowest BCUT2D eigenvalue weighted by Crippen LogP contribution is -2.43. The van der Waals surface area contributed by atoms with Crippen LogP contribution in [0.1, 0.15) is 23.2 Å². The number of likely N-dealkylation sites (tertiary alicyclic amines) is 1. The van der Waals surface area contributed by atoms with Crippen LogP contribution < -0.4 is 5.32 Å². The number of para-hydroxylation sites is 1. The van der Waals surface area contributed by atoms with E-state index < -0.39 is 6.04 Å². The van der Waals surface area contributed by atoms with Crippen molar-refractivity contribution in [3.63, 3.8) is 0 Å². The van der Waals surface area contributed by atoms with Crippen LogP contribution in [0.15, 0.2) is 54.6 Å². The SMILES string of the molecule is O=C(Nc1ccccc1)C1CCCN1C(=O)c1ccc(Cl)cc1. The van der Waals surface area contributed by atoms with Crippen molar-refractivity contribution >= 4 is 29.1 Å². The van der Waals surface area contributed by atoms with Gasteiger partial charge in [0.1, 0.15) is 6.04 Å². The number of hydrogen-bond donors (Lipinski definition) is 1. The molecule has 23 heavy (non-hydrogen) atoms. The predicted octanol–water partition coefficient (Wildman–Crippen LogP) is 3.58. The molecule has 1 atom stereocenters. The molecule has 1 fully saturated rings. The molecule has 0 saturated carbocycles. The van der Waals surface area contributed by atoms with E-state index in [2.05, 4.69) is 5.32 Å². The number of hydrogen-bond acceptors (Lipinski definition) is 2. The Morgan fingerprint density at radius 2 is 1.74 bits per heavy atom. The third kappa shape index (κ3) is 3.54. The summed E-state index contributed by atoms with van der Waals surface area (Å²) in [5, 5.41) is 3.46. The minimum atomic E-state index is -0.432. The zero-order valence-electron chi connectivity index (χ0n) is 12.5. The van der Waals surface area contributed by atoms with Crippen molar-refractivity contribution in [2.75, 3.05) is 11.9 Å². The highest BCUT2D eigenvalue weighted by Gasteiger charge is 2.34. The monoisotopic (exact) mass is 328 g/mol. The highest BCUT2D eigenvalue weighted by Crippen LogP contribution is 2.22. The normalized spacial score (nSPS) is 17.1. The fraction of sp³-hybridized carbons (Fsp3) is 0.222. The molecule has 2 amide bonds. The zero-order chi connectivity index (χ0) is 16.2. The van der Waals surface area contributed by atoms with Gasteiger partial charge in [0.2, 0.25) is 5.91 Å². The summed E-state index contributed by atoms with van der Waals surface area (Å²) in [7, 11) is 0. The summed E-state index contributed by atoms with van der Waals surface area (Å²) in [6.07, 6.45) is 1.50. The Morgan fingerprint density at radius 1 is 1.04 bits per heavy atom. The Balaban J connectivity index is 1.73. The maximum atomic E-state index is 12.6. The molecular formula is C18H17ClN2O2. The van der Waals surface area contributed by atoms with Gasteiger partial charge in [-0.25, -0.2) is 0 Å². The molecule has 1 aliphatic rings. The number of rotatable bonds is 3. The highest BCUT2D eigenvalue weighted by atomic mass is 35.5. The number of benzene rings is 2. The molecular weight excluding hydrogens is 312 g/mol. The van der Waals surface area contributed by atoms with E-state index in [1.165, 1.54) is 0 Å². The molecule has 4 nitrogen and oxygen atoms in total. The van der Waals surface area contributed by atoms with Gasteiger partial charge >= 0.3 is 0 Å². The van der Waals surface area contributed by atoms with Crippen molar-refractivity contribution < 1.29 is 9.59 Å². The molecule has 2 aromatic carbocycles. The second kappa shape index (κ2) is 6.84. The molecule has 0 aromatic heterocycles. The molecule has 1 unspecified atom stereocenters. The second-order valence-electron chi connectivity index (χ2n) is 5.52. The smallest absolute Gasteiger partial charge is 0.254 e. The average molecular weight is 329 g/mol. The molecule has 118 valence electrons. The van der Waals surface area contributed by atoms with Crippen molar-refractivity contribution in [1.29, 1.82) is 0 Å². The van der Waals surface area contributed by atoms with Crippen molar-refractivity contribution in [1.82, 2.24) is 4.90 Å². The summed E-state index contributed by atoms with van der Waals surface area (Å²) in [5.41, 5.74) is 1.29. The Labute approximate surface area is 140 Å². The summed E-state index contributed by atoms with van der Waals surface area (Å²) in [6, 6.07) is 15.6. The van der Waals surface area contributed by atoms with Crippen LogP contribution in [-0.4, -0.2) is 29.3 Å². The Morgan fingerprint density at radius 3 is 2.43 bits per heavy atom. The van der Waals surface area contributed by atoms with Gasteiger partial charge in [0.25, 0.3) is 5.91 Å². The van der Waals surface area contributed by atoms with E-state index in [0.29, 0.717) is 23.6 Å². The van der Waals surface area contributed by atoms with Crippen LogP contribution in [0.2, 0.25) is 5.02 Å². The largest absolute Gasteiger partial charge is 0.327 e. The van der Waals surface area contributed by atoms with Crippen molar-refractivity contribution in [3.8, 4) is 0 Å². The van der Waals surface area contributed by atoms with Crippen LogP contribution in [0.3, 0.4) is 0 Å². The van der Waals surface area contributed by atoms with Crippen LogP contribution in [-0.2, 0) is 4.79 Å². The number of carbonyl (C=O) groups excluding carboxylic acids is 2. The first-order valence-corrected chi connectivity index (χ1v) is 7.95. The molecule has 0 bridgehead atoms. The lowest BCUT2D eigenvalue weighted by molar-refractivity contribution is -0.119. The van der Waals surface area contributed by atoms with Gasteiger partial charge in [-0.3, -0.25) is 9.59 Å². The predicted molar refractivity (Wildman–Crippen MR) is 90.6 cm³/mol. The topological polar surface area (TPSA) is 49.4 Å². The molecule has 2 aromatic rings. The maximum Gasteiger partial charge on any atom is 0.254 e. The van der Waals surface area contributed by atoms with Crippen molar-refractivity contribution in [2.45, 2.75) is 18.9 Å². The van der Waals surface area contributed by atoms with Gasteiger partial charge in [-0.1, -0.05) is 29.8 Å². The minimum Gasteiger partial charge on any atom is -0.327 e. The molecule has 3 rings (SSSR count). The number of amides is 2. The lowest BCUT2D eigenvalue weighted by atomic mass is 10.1. The van der Waals surface area contributed by atoms with E-state index in [1.54, 1.807) is 29.2 Å². The Kier molecular flexibility index (Phi) is 4.63. The fourth-order valence-corrected chi connectivity index (χ4v) is 2.91. The number of anilines is 1. The fourth-order valence-electron chi connectivity index (χ4n) is 2.79. The number of carbonyl (C=O) groups is 2. The van der Waals surface area contributed by atoms with Gasteiger partial charge < -0.3 is 10.2 Å². The summed E-state index contributed by atoms with van der Waals surface area (Å²) < 4.78 is 0. The van der Waals surface area contributed by atoms with E-state index in [-0.39, 0.29) is 11.8 Å². The van der Waals surface area contributed by atoms with Gasteiger partial charge in [0.15, 0.2) is 0 Å². The second-order valence-corrected chi connectivity index (χ2v) is 5.96. The Hall–Kier alpha value is -2.33. The molecule has 1 heterocycles. The molecule has 0 radical (unpaired) electrons. The average Bonchev–Trinajstić information content (AvgIpc) is 3.05. The van der Waals surface area contributed by atoms with Crippen LogP contribution in [0.4, 0.5) is 5.69 Å². The summed E-state index contributed by atoms with van der Waals surface area (Å²) in [6.45, 7) is 0.592. The molecule has 1 aliphatic heterocycles. The minimum absolute atomic E-state index is 0.132. The van der Waals surface area contributed by atoms with E-state index in [4.69, 9.17) is 11.6 Å². The molecule has 1 N–H and O–H groups in total. The van der Waals surface area contributed by atoms with Crippen LogP contribution in [0.25, 0.3) is 0 Å². The third-order valence-corrected chi connectivity index (χ3v) is 4.20. The maximum absolute atomic E-state index is 12.6. The van der Waals surface area contributed by atoms with Gasteiger partial charge in [-0.2, -0.15) is 0 Å². The lowest BCUT2D eigenvalue weighted by Gasteiger charge is -2.24. The van der Waals surface area contributed by atoms with Crippen LogP contribution >= 0.6 is 11.6 Å². The molecule has 0 spiro atoms.